The minimum atomic E-state index is -0.596. The van der Waals surface area contributed by atoms with E-state index in [0.717, 1.165) is 12.8 Å². The van der Waals surface area contributed by atoms with Crippen LogP contribution in [-0.4, -0.2) is 17.7 Å². The molecule has 0 amide bonds. The lowest BCUT2D eigenvalue weighted by molar-refractivity contribution is 0.0497. The van der Waals surface area contributed by atoms with Gasteiger partial charge in [0.2, 0.25) is 0 Å². The Morgan fingerprint density at radius 3 is 2.55 bits per heavy atom. The molecular formula is C16H15ClO3. The van der Waals surface area contributed by atoms with Crippen LogP contribution in [0.5, 0.6) is 5.75 Å². The summed E-state index contributed by atoms with van der Waals surface area (Å²) < 4.78 is 5.13. The number of carbonyl (C=O) groups excluding carboxylic acids is 1. The zero-order chi connectivity index (χ0) is 14.4. The van der Waals surface area contributed by atoms with E-state index in [-0.39, 0.29) is 16.3 Å². The Balaban J connectivity index is 1.84. The summed E-state index contributed by atoms with van der Waals surface area (Å²) in [6, 6.07) is 14.5. The largest absolute Gasteiger partial charge is 0.507 e. The summed E-state index contributed by atoms with van der Waals surface area (Å²) in [5.41, 5.74) is 1.22. The van der Waals surface area contributed by atoms with Gasteiger partial charge in [0.15, 0.2) is 0 Å². The van der Waals surface area contributed by atoms with Crippen molar-refractivity contribution in [2.75, 3.05) is 6.61 Å². The van der Waals surface area contributed by atoms with Crippen molar-refractivity contribution in [1.82, 2.24) is 0 Å². The molecule has 0 unspecified atom stereocenters. The van der Waals surface area contributed by atoms with Gasteiger partial charge in [0.05, 0.1) is 11.6 Å². The maximum absolute atomic E-state index is 11.8. The van der Waals surface area contributed by atoms with E-state index < -0.39 is 5.97 Å². The molecule has 0 radical (unpaired) electrons. The molecule has 2 aromatic carbocycles. The van der Waals surface area contributed by atoms with Gasteiger partial charge in [-0.15, -0.1) is 0 Å². The number of benzene rings is 2. The highest BCUT2D eigenvalue weighted by atomic mass is 35.5. The first kappa shape index (κ1) is 14.4. The van der Waals surface area contributed by atoms with E-state index >= 15 is 0 Å². The third-order valence-electron chi connectivity index (χ3n) is 2.88. The average Bonchev–Trinajstić information content (AvgIpc) is 2.44. The molecule has 0 bridgehead atoms. The van der Waals surface area contributed by atoms with Crippen molar-refractivity contribution in [3.63, 3.8) is 0 Å². The summed E-state index contributed by atoms with van der Waals surface area (Å²) in [5.74, 6) is -0.758. The third kappa shape index (κ3) is 3.75. The van der Waals surface area contributed by atoms with E-state index in [4.69, 9.17) is 16.3 Å². The van der Waals surface area contributed by atoms with Gasteiger partial charge in [0.1, 0.15) is 11.3 Å². The number of rotatable bonds is 5. The Labute approximate surface area is 122 Å². The number of carbonyl (C=O) groups is 1. The fraction of sp³-hybridized carbons (Fsp3) is 0.188. The molecule has 4 heteroatoms. The second kappa shape index (κ2) is 6.96. The van der Waals surface area contributed by atoms with Gasteiger partial charge < -0.3 is 9.84 Å². The second-order valence-corrected chi connectivity index (χ2v) is 4.77. The quantitative estimate of drug-likeness (QED) is 0.672. The highest BCUT2D eigenvalue weighted by molar-refractivity contribution is 6.34. The fourth-order valence-electron chi connectivity index (χ4n) is 1.87. The van der Waals surface area contributed by atoms with Gasteiger partial charge in [0, 0.05) is 0 Å². The molecule has 0 saturated carbocycles. The van der Waals surface area contributed by atoms with Crippen LogP contribution in [0.2, 0.25) is 5.02 Å². The maximum Gasteiger partial charge on any atom is 0.343 e. The number of phenolic OH excluding ortho intramolecular Hbond substituents is 1. The van der Waals surface area contributed by atoms with Crippen LogP contribution in [0.1, 0.15) is 22.3 Å². The van der Waals surface area contributed by atoms with Crippen LogP contribution in [0.15, 0.2) is 48.5 Å². The predicted molar refractivity (Wildman–Crippen MR) is 78.2 cm³/mol. The van der Waals surface area contributed by atoms with E-state index in [1.807, 2.05) is 30.3 Å². The molecule has 0 heterocycles. The number of ether oxygens (including phenoxy) is 1. The lowest BCUT2D eigenvalue weighted by Crippen LogP contribution is -2.08. The van der Waals surface area contributed by atoms with Crippen molar-refractivity contribution < 1.29 is 14.6 Å². The molecule has 2 aromatic rings. The van der Waals surface area contributed by atoms with Crippen LogP contribution >= 0.6 is 11.6 Å². The van der Waals surface area contributed by atoms with Crippen molar-refractivity contribution in [1.29, 1.82) is 0 Å². The van der Waals surface area contributed by atoms with E-state index in [1.165, 1.54) is 11.6 Å². The average molecular weight is 291 g/mol. The first-order chi connectivity index (χ1) is 9.68. The molecule has 0 atom stereocenters. The minimum absolute atomic E-state index is 0.0221. The molecule has 0 aliphatic heterocycles. The highest BCUT2D eigenvalue weighted by Crippen LogP contribution is 2.25. The van der Waals surface area contributed by atoms with Crippen LogP contribution < -0.4 is 0 Å². The molecule has 2 rings (SSSR count). The summed E-state index contributed by atoms with van der Waals surface area (Å²) in [7, 11) is 0. The Bertz CT molecular complexity index is 561. The van der Waals surface area contributed by atoms with Gasteiger partial charge in [-0.3, -0.25) is 0 Å². The Kier molecular flexibility index (Phi) is 5.02. The van der Waals surface area contributed by atoms with Gasteiger partial charge in [-0.25, -0.2) is 4.79 Å². The van der Waals surface area contributed by atoms with E-state index in [1.54, 1.807) is 12.1 Å². The number of aromatic hydroxyl groups is 1. The van der Waals surface area contributed by atoms with Gasteiger partial charge in [-0.2, -0.15) is 0 Å². The zero-order valence-electron chi connectivity index (χ0n) is 10.9. The predicted octanol–water partition coefficient (Wildman–Crippen LogP) is 3.84. The van der Waals surface area contributed by atoms with Gasteiger partial charge in [0.25, 0.3) is 0 Å². The Morgan fingerprint density at radius 2 is 1.85 bits per heavy atom. The first-order valence-corrected chi connectivity index (χ1v) is 6.75. The number of phenols is 1. The molecule has 104 valence electrons. The monoisotopic (exact) mass is 290 g/mol. The topological polar surface area (TPSA) is 46.5 Å². The van der Waals surface area contributed by atoms with E-state index in [2.05, 4.69) is 0 Å². The van der Waals surface area contributed by atoms with E-state index in [9.17, 15) is 9.90 Å². The SMILES string of the molecule is O=C(OCCCc1ccccc1)c1c(O)cccc1Cl. The molecule has 0 aliphatic carbocycles. The molecule has 0 aliphatic rings. The Morgan fingerprint density at radius 1 is 1.10 bits per heavy atom. The minimum Gasteiger partial charge on any atom is -0.507 e. The molecule has 20 heavy (non-hydrogen) atoms. The van der Waals surface area contributed by atoms with Crippen LogP contribution in [-0.2, 0) is 11.2 Å². The van der Waals surface area contributed by atoms with Crippen LogP contribution in [0.4, 0.5) is 0 Å². The molecule has 0 spiro atoms. The normalized spacial score (nSPS) is 10.2. The lowest BCUT2D eigenvalue weighted by Gasteiger charge is -2.07. The van der Waals surface area contributed by atoms with Crippen molar-refractivity contribution in [2.45, 2.75) is 12.8 Å². The van der Waals surface area contributed by atoms with Crippen LogP contribution in [0.25, 0.3) is 0 Å². The fourth-order valence-corrected chi connectivity index (χ4v) is 2.12. The van der Waals surface area contributed by atoms with Crippen molar-refractivity contribution in [3.05, 3.63) is 64.7 Å². The van der Waals surface area contributed by atoms with Crippen molar-refractivity contribution >= 4 is 17.6 Å². The summed E-state index contributed by atoms with van der Waals surface area (Å²) in [4.78, 5) is 11.8. The summed E-state index contributed by atoms with van der Waals surface area (Å²) >= 11 is 5.87. The van der Waals surface area contributed by atoms with Gasteiger partial charge in [-0.05, 0) is 30.5 Å². The van der Waals surface area contributed by atoms with Gasteiger partial charge >= 0.3 is 5.97 Å². The molecule has 1 N–H and O–H groups in total. The first-order valence-electron chi connectivity index (χ1n) is 6.37. The lowest BCUT2D eigenvalue weighted by atomic mass is 10.1. The molecule has 0 saturated heterocycles. The van der Waals surface area contributed by atoms with Gasteiger partial charge in [-0.1, -0.05) is 48.0 Å². The standard InChI is InChI=1S/C16H15ClO3/c17-13-9-4-10-14(18)15(13)16(19)20-11-5-8-12-6-2-1-3-7-12/h1-4,6-7,9-10,18H,5,8,11H2. The Hall–Kier alpha value is -2.00. The number of hydrogen-bond acceptors (Lipinski definition) is 3. The third-order valence-corrected chi connectivity index (χ3v) is 3.20. The highest BCUT2D eigenvalue weighted by Gasteiger charge is 2.16. The second-order valence-electron chi connectivity index (χ2n) is 4.36. The summed E-state index contributed by atoms with van der Waals surface area (Å²) in [6.45, 7) is 0.290. The van der Waals surface area contributed by atoms with Crippen molar-refractivity contribution in [2.24, 2.45) is 0 Å². The smallest absolute Gasteiger partial charge is 0.343 e. The molecule has 3 nitrogen and oxygen atoms in total. The number of hydrogen-bond donors (Lipinski definition) is 1. The van der Waals surface area contributed by atoms with Crippen molar-refractivity contribution in [3.8, 4) is 5.75 Å². The molecular weight excluding hydrogens is 276 g/mol. The number of esters is 1. The molecule has 0 fully saturated rings. The zero-order valence-corrected chi connectivity index (χ0v) is 11.6. The molecule has 0 aromatic heterocycles. The number of halogens is 1. The summed E-state index contributed by atoms with van der Waals surface area (Å²) in [5, 5.41) is 9.80. The number of aryl methyl sites for hydroxylation is 1. The maximum atomic E-state index is 11.8. The van der Waals surface area contributed by atoms with E-state index in [0.29, 0.717) is 6.61 Å². The summed E-state index contributed by atoms with van der Waals surface area (Å²) in [6.07, 6.45) is 1.56. The van der Waals surface area contributed by atoms with Crippen LogP contribution in [0, 0.1) is 0 Å². The van der Waals surface area contributed by atoms with Crippen LogP contribution in [0.3, 0.4) is 0 Å².